The number of nitrogens with two attached hydrogens (primary N) is 2. The molecule has 12 nitrogen and oxygen atoms in total. The number of aromatic hydroxyl groups is 2. The fourth-order valence-electron chi connectivity index (χ4n) is 3.36. The predicted molar refractivity (Wildman–Crippen MR) is 129 cm³/mol. The minimum atomic E-state index is -1.26. The zero-order valence-corrected chi connectivity index (χ0v) is 18.5. The molecule has 1 aromatic heterocycles. The van der Waals surface area contributed by atoms with Crippen LogP contribution in [0.25, 0.3) is 22.6 Å². The van der Waals surface area contributed by atoms with Gasteiger partial charge < -0.3 is 26.2 Å². The van der Waals surface area contributed by atoms with Gasteiger partial charge in [0.1, 0.15) is 28.3 Å². The van der Waals surface area contributed by atoms with Crippen LogP contribution in [0.5, 0.6) is 11.5 Å². The van der Waals surface area contributed by atoms with Crippen molar-refractivity contribution >= 4 is 23.3 Å². The van der Waals surface area contributed by atoms with Crippen LogP contribution in [-0.2, 0) is 0 Å². The molecule has 182 valence electrons. The molecule has 0 atom stereocenters. The van der Waals surface area contributed by atoms with Gasteiger partial charge in [-0.2, -0.15) is 0 Å². The molecule has 12 heteroatoms. The molecule has 8 N–H and O–H groups in total. The molecule has 0 radical (unpaired) electrons. The summed E-state index contributed by atoms with van der Waals surface area (Å²) in [4.78, 5) is 22.1. The monoisotopic (exact) mass is 488 g/mol. The number of hydrazine groups is 1. The van der Waals surface area contributed by atoms with Gasteiger partial charge in [-0.15, -0.1) is 5.10 Å². The second-order valence-electron chi connectivity index (χ2n) is 7.63. The molecule has 1 heterocycles. The van der Waals surface area contributed by atoms with Crippen molar-refractivity contribution in [3.05, 3.63) is 89.8 Å². The Labute approximate surface area is 203 Å². The average molecular weight is 488 g/mol. The zero-order valence-electron chi connectivity index (χ0n) is 18.5. The first-order chi connectivity index (χ1) is 17.1. The summed E-state index contributed by atoms with van der Waals surface area (Å²) in [6, 6.07) is 15.0. The molecule has 0 amide bonds. The Kier molecular flexibility index (Phi) is 6.26. The van der Waals surface area contributed by atoms with Crippen LogP contribution in [0.1, 0.15) is 26.3 Å². The summed E-state index contributed by atoms with van der Waals surface area (Å²) in [7, 11) is 0. The number of carboxylic acids is 2. The molecular formula is C24H20N6O6. The van der Waals surface area contributed by atoms with Crippen molar-refractivity contribution in [1.82, 2.24) is 15.0 Å². The van der Waals surface area contributed by atoms with E-state index in [9.17, 15) is 19.8 Å². The molecule has 4 rings (SSSR count). The van der Waals surface area contributed by atoms with Crippen LogP contribution in [0.2, 0.25) is 0 Å². The molecule has 36 heavy (non-hydrogen) atoms. The molecule has 0 bridgehead atoms. The van der Waals surface area contributed by atoms with Crippen molar-refractivity contribution in [2.24, 2.45) is 11.6 Å². The topological polar surface area (TPSA) is 201 Å². The number of carbonyl (C=O) groups is 2. The van der Waals surface area contributed by atoms with Crippen LogP contribution < -0.4 is 16.6 Å². The molecule has 0 unspecified atom stereocenters. The van der Waals surface area contributed by atoms with E-state index in [-0.39, 0.29) is 16.9 Å². The van der Waals surface area contributed by atoms with Crippen molar-refractivity contribution in [1.29, 1.82) is 0 Å². The van der Waals surface area contributed by atoms with E-state index in [4.69, 9.17) is 21.8 Å². The van der Waals surface area contributed by atoms with E-state index < -0.39 is 17.7 Å². The minimum absolute atomic E-state index is 0.217. The van der Waals surface area contributed by atoms with E-state index in [0.29, 0.717) is 28.3 Å². The highest BCUT2D eigenvalue weighted by molar-refractivity contribution is 5.92. The number of aromatic carboxylic acids is 2. The molecular weight excluding hydrogens is 468 g/mol. The molecule has 0 saturated carbocycles. The number of hydrogen-bond acceptors (Lipinski definition) is 9. The average Bonchev–Trinajstić information content (AvgIpc) is 3.34. The Morgan fingerprint density at radius 2 is 1.50 bits per heavy atom. The second kappa shape index (κ2) is 9.48. The van der Waals surface area contributed by atoms with Gasteiger partial charge in [-0.25, -0.2) is 20.1 Å². The molecule has 0 spiro atoms. The SMILES string of the molecule is N/C(=C\N(N)c1ccc(C(=O)O)c(O)c1)c1ccc(-c2cn(-c3ccc(C(=O)O)c(O)c3)nn2)cc1. The van der Waals surface area contributed by atoms with E-state index in [1.165, 1.54) is 47.3 Å². The number of nitrogens with zero attached hydrogens (tertiary/aromatic N) is 4. The smallest absolute Gasteiger partial charge is 0.339 e. The second-order valence-corrected chi connectivity index (χ2v) is 7.63. The van der Waals surface area contributed by atoms with E-state index in [1.54, 1.807) is 30.5 Å². The van der Waals surface area contributed by atoms with Crippen molar-refractivity contribution in [2.75, 3.05) is 5.01 Å². The van der Waals surface area contributed by atoms with Crippen LogP contribution in [0.15, 0.2) is 73.1 Å². The van der Waals surface area contributed by atoms with Gasteiger partial charge in [-0.3, -0.25) is 5.01 Å². The lowest BCUT2D eigenvalue weighted by Crippen LogP contribution is -2.25. The Morgan fingerprint density at radius 3 is 2.08 bits per heavy atom. The molecule has 0 aliphatic rings. The van der Waals surface area contributed by atoms with Gasteiger partial charge in [-0.1, -0.05) is 29.5 Å². The van der Waals surface area contributed by atoms with Crippen molar-refractivity contribution in [3.63, 3.8) is 0 Å². The van der Waals surface area contributed by atoms with Gasteiger partial charge in [0.25, 0.3) is 0 Å². The number of rotatable bonds is 7. The summed E-state index contributed by atoms with van der Waals surface area (Å²) in [6.07, 6.45) is 3.05. The summed E-state index contributed by atoms with van der Waals surface area (Å²) >= 11 is 0. The molecule has 0 saturated heterocycles. The lowest BCUT2D eigenvalue weighted by molar-refractivity contribution is 0.0682. The van der Waals surface area contributed by atoms with Crippen LogP contribution >= 0.6 is 0 Å². The zero-order chi connectivity index (χ0) is 26.0. The van der Waals surface area contributed by atoms with E-state index in [2.05, 4.69) is 10.3 Å². The Balaban J connectivity index is 1.51. The first kappa shape index (κ1) is 23.8. The minimum Gasteiger partial charge on any atom is -0.507 e. The number of carboxylic acid groups (broad SMARTS) is 2. The summed E-state index contributed by atoms with van der Waals surface area (Å²) in [6.45, 7) is 0. The molecule has 3 aromatic carbocycles. The predicted octanol–water partition coefficient (Wildman–Crippen LogP) is 2.38. The van der Waals surface area contributed by atoms with Crippen LogP contribution in [0, 0.1) is 0 Å². The first-order valence-electron chi connectivity index (χ1n) is 10.3. The summed E-state index contributed by atoms with van der Waals surface area (Å²) in [5.74, 6) is 2.69. The number of phenols is 2. The Bertz CT molecular complexity index is 1500. The van der Waals surface area contributed by atoms with Crippen molar-refractivity contribution in [3.8, 4) is 28.4 Å². The fourth-order valence-corrected chi connectivity index (χ4v) is 3.36. The number of anilines is 1. The Hall–Kier alpha value is -5.36. The summed E-state index contributed by atoms with van der Waals surface area (Å²) in [5, 5.41) is 47.1. The van der Waals surface area contributed by atoms with Crippen LogP contribution in [0.4, 0.5) is 5.69 Å². The van der Waals surface area contributed by atoms with E-state index in [1.807, 2.05) is 0 Å². The number of aromatic nitrogens is 3. The standard InChI is InChI=1S/C24H20N6O6/c25-19(11-29(26)15-5-7-17(23(33)34)21(31)9-15)13-1-3-14(4-2-13)20-12-30(28-27-20)16-6-8-18(24(35)36)22(32)10-16/h1-12,31-32H,25-26H2,(H,33,34)(H,35,36)/b19-11-. The molecule has 0 aliphatic heterocycles. The van der Waals surface area contributed by atoms with E-state index >= 15 is 0 Å². The van der Waals surface area contributed by atoms with Crippen LogP contribution in [-0.4, -0.2) is 47.4 Å². The highest BCUT2D eigenvalue weighted by Crippen LogP contribution is 2.26. The molecule has 0 fully saturated rings. The first-order valence-corrected chi connectivity index (χ1v) is 10.3. The summed E-state index contributed by atoms with van der Waals surface area (Å²) in [5.41, 5.74) is 8.66. The normalized spacial score (nSPS) is 11.3. The largest absolute Gasteiger partial charge is 0.507 e. The van der Waals surface area contributed by atoms with Crippen molar-refractivity contribution < 1.29 is 30.0 Å². The van der Waals surface area contributed by atoms with Gasteiger partial charge in [-0.05, 0) is 29.8 Å². The number of hydrogen-bond donors (Lipinski definition) is 6. The lowest BCUT2D eigenvalue weighted by atomic mass is 10.1. The van der Waals surface area contributed by atoms with Crippen molar-refractivity contribution in [2.45, 2.75) is 0 Å². The van der Waals surface area contributed by atoms with E-state index in [0.717, 1.165) is 10.6 Å². The summed E-state index contributed by atoms with van der Waals surface area (Å²) < 4.78 is 1.40. The third-order valence-electron chi connectivity index (χ3n) is 5.27. The third-order valence-corrected chi connectivity index (χ3v) is 5.27. The maximum Gasteiger partial charge on any atom is 0.339 e. The molecule has 0 aliphatic carbocycles. The van der Waals surface area contributed by atoms with Gasteiger partial charge >= 0.3 is 11.9 Å². The maximum atomic E-state index is 11.1. The third kappa shape index (κ3) is 4.78. The van der Waals surface area contributed by atoms with Gasteiger partial charge in [0.05, 0.1) is 23.3 Å². The van der Waals surface area contributed by atoms with Gasteiger partial charge in [0, 0.05) is 23.9 Å². The van der Waals surface area contributed by atoms with Gasteiger partial charge in [0.15, 0.2) is 0 Å². The van der Waals surface area contributed by atoms with Crippen LogP contribution in [0.3, 0.4) is 0 Å². The number of benzene rings is 3. The highest BCUT2D eigenvalue weighted by atomic mass is 16.4. The lowest BCUT2D eigenvalue weighted by Gasteiger charge is -2.16. The maximum absolute atomic E-state index is 11.1. The van der Waals surface area contributed by atoms with Gasteiger partial charge in [0.2, 0.25) is 0 Å². The quantitative estimate of drug-likeness (QED) is 0.165. The Morgan fingerprint density at radius 1 is 0.889 bits per heavy atom. The highest BCUT2D eigenvalue weighted by Gasteiger charge is 2.13. The molecule has 4 aromatic rings. The fraction of sp³-hybridized carbons (Fsp3) is 0.